The van der Waals surface area contributed by atoms with Crippen LogP contribution in [0, 0.1) is 12.3 Å². The molecule has 4 nitrogen and oxygen atoms in total. The van der Waals surface area contributed by atoms with Gasteiger partial charge in [0.25, 0.3) is 0 Å². The van der Waals surface area contributed by atoms with Crippen molar-refractivity contribution < 1.29 is 14.6 Å². The summed E-state index contributed by atoms with van der Waals surface area (Å²) in [5, 5.41) is 10.7. The summed E-state index contributed by atoms with van der Waals surface area (Å²) in [6, 6.07) is -0.105. The van der Waals surface area contributed by atoms with Gasteiger partial charge in [-0.1, -0.05) is 5.92 Å². The molecule has 1 aliphatic rings. The number of rotatable bonds is 1. The second kappa shape index (κ2) is 3.98. The third-order valence-electron chi connectivity index (χ3n) is 1.79. The summed E-state index contributed by atoms with van der Waals surface area (Å²) in [5.74, 6) is 2.48. The second-order valence-electron chi connectivity index (χ2n) is 2.71. The first-order valence-electron chi connectivity index (χ1n) is 3.79. The van der Waals surface area contributed by atoms with Crippen molar-refractivity contribution >= 4 is 6.09 Å². The molecule has 0 spiro atoms. The fourth-order valence-electron chi connectivity index (χ4n) is 1.17. The van der Waals surface area contributed by atoms with Crippen molar-refractivity contribution in [2.24, 2.45) is 0 Å². The van der Waals surface area contributed by atoms with Crippen LogP contribution in [0.1, 0.15) is 12.8 Å². The lowest BCUT2D eigenvalue weighted by Crippen LogP contribution is -2.41. The van der Waals surface area contributed by atoms with Crippen LogP contribution in [0.2, 0.25) is 0 Å². The van der Waals surface area contributed by atoms with E-state index in [-0.39, 0.29) is 12.1 Å². The fraction of sp³-hybridized carbons (Fsp3) is 0.625. The Morgan fingerprint density at radius 1 is 1.67 bits per heavy atom. The molecule has 1 rings (SSSR count). The predicted octanol–water partition coefficient (Wildman–Crippen LogP) is 0.435. The molecule has 0 saturated carbocycles. The monoisotopic (exact) mass is 169 g/mol. The van der Waals surface area contributed by atoms with Crippen molar-refractivity contribution in [1.82, 2.24) is 5.32 Å². The lowest BCUT2D eigenvalue weighted by Gasteiger charge is -2.25. The molecule has 0 bridgehead atoms. The SMILES string of the molecule is C#C[C@@H]1CC[C@@H](NC(=O)O)CO1. The average Bonchev–Trinajstić information content (AvgIpc) is 2.05. The van der Waals surface area contributed by atoms with Gasteiger partial charge in [0, 0.05) is 0 Å². The topological polar surface area (TPSA) is 58.6 Å². The van der Waals surface area contributed by atoms with Gasteiger partial charge in [0.15, 0.2) is 0 Å². The average molecular weight is 169 g/mol. The normalized spacial score (nSPS) is 28.9. The molecule has 66 valence electrons. The summed E-state index contributed by atoms with van der Waals surface area (Å²) < 4.78 is 5.18. The molecule has 0 aliphatic carbocycles. The zero-order valence-electron chi connectivity index (χ0n) is 6.62. The van der Waals surface area contributed by atoms with Gasteiger partial charge < -0.3 is 15.2 Å². The van der Waals surface area contributed by atoms with E-state index in [9.17, 15) is 4.79 Å². The van der Waals surface area contributed by atoms with Crippen molar-refractivity contribution in [3.8, 4) is 12.3 Å². The lowest BCUT2D eigenvalue weighted by molar-refractivity contribution is 0.0310. The maximum Gasteiger partial charge on any atom is 0.404 e. The van der Waals surface area contributed by atoms with Gasteiger partial charge in [-0.25, -0.2) is 4.79 Å². The summed E-state index contributed by atoms with van der Waals surface area (Å²) in [6.07, 6.45) is 5.46. The summed E-state index contributed by atoms with van der Waals surface area (Å²) >= 11 is 0. The Morgan fingerprint density at radius 2 is 2.42 bits per heavy atom. The zero-order valence-corrected chi connectivity index (χ0v) is 6.62. The number of amides is 1. The number of hydrogen-bond acceptors (Lipinski definition) is 2. The van der Waals surface area contributed by atoms with Crippen molar-refractivity contribution in [3.05, 3.63) is 0 Å². The maximum absolute atomic E-state index is 10.2. The summed E-state index contributed by atoms with van der Waals surface area (Å²) in [6.45, 7) is 0.376. The Kier molecular flexibility index (Phi) is 2.94. The third-order valence-corrected chi connectivity index (χ3v) is 1.79. The van der Waals surface area contributed by atoms with Gasteiger partial charge in [-0.3, -0.25) is 0 Å². The molecule has 0 radical (unpaired) electrons. The van der Waals surface area contributed by atoms with E-state index in [0.717, 1.165) is 12.8 Å². The Morgan fingerprint density at radius 3 is 2.83 bits per heavy atom. The number of hydrogen-bond donors (Lipinski definition) is 2. The molecule has 1 fully saturated rings. The van der Waals surface area contributed by atoms with Crippen molar-refractivity contribution in [2.45, 2.75) is 25.0 Å². The highest BCUT2D eigenvalue weighted by molar-refractivity contribution is 5.64. The molecule has 2 atom stereocenters. The smallest absolute Gasteiger partial charge is 0.404 e. The highest BCUT2D eigenvalue weighted by Crippen LogP contribution is 2.12. The number of nitrogens with one attached hydrogen (secondary N) is 1. The maximum atomic E-state index is 10.2. The zero-order chi connectivity index (χ0) is 8.97. The Bertz CT molecular complexity index is 201. The van der Waals surface area contributed by atoms with Crippen LogP contribution in [0.15, 0.2) is 0 Å². The van der Waals surface area contributed by atoms with Crippen LogP contribution in [-0.2, 0) is 4.74 Å². The quantitative estimate of drug-likeness (QED) is 0.560. The fourth-order valence-corrected chi connectivity index (χ4v) is 1.17. The van der Waals surface area contributed by atoms with Gasteiger partial charge in [-0.2, -0.15) is 0 Å². The highest BCUT2D eigenvalue weighted by atomic mass is 16.5. The van der Waals surface area contributed by atoms with Crippen LogP contribution in [0.25, 0.3) is 0 Å². The molecule has 12 heavy (non-hydrogen) atoms. The standard InChI is InChI=1S/C8H11NO3/c1-2-7-4-3-6(5-12-7)9-8(10)11/h1,6-7,9H,3-5H2,(H,10,11)/t6-,7-/m1/s1. The van der Waals surface area contributed by atoms with Crippen LogP contribution >= 0.6 is 0 Å². The van der Waals surface area contributed by atoms with Gasteiger partial charge in [0.05, 0.1) is 12.6 Å². The third kappa shape index (κ3) is 2.44. The summed E-state index contributed by atoms with van der Waals surface area (Å²) in [7, 11) is 0. The van der Waals surface area contributed by atoms with Gasteiger partial charge in [0.1, 0.15) is 6.10 Å². The van der Waals surface area contributed by atoms with Crippen LogP contribution < -0.4 is 5.32 Å². The Labute approximate surface area is 70.9 Å². The number of carbonyl (C=O) groups is 1. The molecule has 2 N–H and O–H groups in total. The van der Waals surface area contributed by atoms with Crippen LogP contribution in [0.3, 0.4) is 0 Å². The molecule has 1 amide bonds. The Hall–Kier alpha value is -1.21. The van der Waals surface area contributed by atoms with E-state index in [1.54, 1.807) is 0 Å². The first-order chi connectivity index (χ1) is 5.72. The first-order valence-corrected chi connectivity index (χ1v) is 3.79. The molecule has 0 aromatic carbocycles. The van der Waals surface area contributed by atoms with E-state index >= 15 is 0 Å². The molecule has 0 aromatic heterocycles. The molecule has 0 aromatic rings. The van der Waals surface area contributed by atoms with E-state index < -0.39 is 6.09 Å². The van der Waals surface area contributed by atoms with Crippen LogP contribution in [0.5, 0.6) is 0 Å². The number of terminal acetylenes is 1. The van der Waals surface area contributed by atoms with Crippen LogP contribution in [-0.4, -0.2) is 30.0 Å². The summed E-state index contributed by atoms with van der Waals surface area (Å²) in [4.78, 5) is 10.2. The predicted molar refractivity (Wildman–Crippen MR) is 42.8 cm³/mol. The van der Waals surface area contributed by atoms with Gasteiger partial charge >= 0.3 is 6.09 Å². The molecule has 1 heterocycles. The Balaban J connectivity index is 2.27. The molecular formula is C8H11NO3. The van der Waals surface area contributed by atoms with E-state index in [1.807, 2.05) is 0 Å². The highest BCUT2D eigenvalue weighted by Gasteiger charge is 2.20. The number of carboxylic acid groups (broad SMARTS) is 1. The van der Waals surface area contributed by atoms with E-state index in [0.29, 0.717) is 6.61 Å². The van der Waals surface area contributed by atoms with E-state index in [4.69, 9.17) is 16.3 Å². The molecular weight excluding hydrogens is 158 g/mol. The first kappa shape index (κ1) is 8.88. The second-order valence-corrected chi connectivity index (χ2v) is 2.71. The minimum Gasteiger partial charge on any atom is -0.465 e. The van der Waals surface area contributed by atoms with E-state index in [2.05, 4.69) is 11.2 Å². The minimum absolute atomic E-state index is 0.105. The van der Waals surface area contributed by atoms with Gasteiger partial charge in [0.2, 0.25) is 0 Å². The van der Waals surface area contributed by atoms with E-state index in [1.165, 1.54) is 0 Å². The molecule has 1 saturated heterocycles. The largest absolute Gasteiger partial charge is 0.465 e. The lowest BCUT2D eigenvalue weighted by atomic mass is 10.1. The summed E-state index contributed by atoms with van der Waals surface area (Å²) in [5.41, 5.74) is 0. The van der Waals surface area contributed by atoms with Crippen molar-refractivity contribution in [2.75, 3.05) is 6.61 Å². The van der Waals surface area contributed by atoms with Gasteiger partial charge in [-0.05, 0) is 12.8 Å². The van der Waals surface area contributed by atoms with Crippen molar-refractivity contribution in [1.29, 1.82) is 0 Å². The number of ether oxygens (including phenoxy) is 1. The van der Waals surface area contributed by atoms with Gasteiger partial charge in [-0.15, -0.1) is 6.42 Å². The van der Waals surface area contributed by atoms with Crippen LogP contribution in [0.4, 0.5) is 4.79 Å². The van der Waals surface area contributed by atoms with Crippen molar-refractivity contribution in [3.63, 3.8) is 0 Å². The minimum atomic E-state index is -1.01. The molecule has 0 unspecified atom stereocenters. The molecule has 1 aliphatic heterocycles. The molecule has 4 heteroatoms.